The molecule has 31 heavy (non-hydrogen) atoms. The molecule has 0 atom stereocenters. The number of pyridine rings is 1. The van der Waals surface area contributed by atoms with E-state index in [1.807, 2.05) is 62.4 Å². The maximum Gasteiger partial charge on any atom is 0.258 e. The van der Waals surface area contributed by atoms with Crippen LogP contribution in [0.3, 0.4) is 0 Å². The number of H-pyrrole nitrogens is 1. The van der Waals surface area contributed by atoms with Crippen molar-refractivity contribution in [1.82, 2.24) is 4.98 Å². The monoisotopic (exact) mass is 412 g/mol. The summed E-state index contributed by atoms with van der Waals surface area (Å²) in [5.41, 5.74) is 4.36. The minimum absolute atomic E-state index is 0.153. The van der Waals surface area contributed by atoms with Crippen molar-refractivity contribution in [2.24, 2.45) is 0 Å². The van der Waals surface area contributed by atoms with Crippen molar-refractivity contribution >= 4 is 22.5 Å². The highest BCUT2D eigenvalue weighted by atomic mass is 16.5. The van der Waals surface area contributed by atoms with Gasteiger partial charge in [0, 0.05) is 16.8 Å². The first-order chi connectivity index (χ1) is 15.0. The van der Waals surface area contributed by atoms with Crippen LogP contribution in [0.4, 0.5) is 5.69 Å². The van der Waals surface area contributed by atoms with Crippen LogP contribution in [0.25, 0.3) is 10.9 Å². The summed E-state index contributed by atoms with van der Waals surface area (Å²) in [5, 5.41) is 0.938. The fraction of sp³-hybridized carbons (Fsp3) is 0.154. The molecule has 0 fully saturated rings. The van der Waals surface area contributed by atoms with E-state index in [2.05, 4.69) is 4.98 Å². The number of benzene rings is 3. The summed E-state index contributed by atoms with van der Waals surface area (Å²) in [7, 11) is 1.57. The number of rotatable bonds is 5. The van der Waals surface area contributed by atoms with Gasteiger partial charge in [0.15, 0.2) is 0 Å². The molecule has 0 saturated carbocycles. The van der Waals surface area contributed by atoms with E-state index in [0.717, 1.165) is 27.7 Å². The number of para-hydroxylation sites is 2. The molecule has 5 heteroatoms. The number of amides is 1. The van der Waals surface area contributed by atoms with E-state index >= 15 is 0 Å². The van der Waals surface area contributed by atoms with Crippen molar-refractivity contribution in [3.8, 4) is 5.75 Å². The van der Waals surface area contributed by atoms with Crippen molar-refractivity contribution in [3.63, 3.8) is 0 Å². The Morgan fingerprint density at radius 1 is 0.935 bits per heavy atom. The van der Waals surface area contributed by atoms with Crippen LogP contribution in [0.5, 0.6) is 5.75 Å². The van der Waals surface area contributed by atoms with E-state index < -0.39 is 0 Å². The predicted octanol–water partition coefficient (Wildman–Crippen LogP) is 5.00. The number of ether oxygens (including phenoxy) is 1. The molecular formula is C26H24N2O3. The molecule has 4 rings (SSSR count). The quantitative estimate of drug-likeness (QED) is 0.502. The molecular weight excluding hydrogens is 388 g/mol. The second-order valence-electron chi connectivity index (χ2n) is 7.57. The first-order valence-corrected chi connectivity index (χ1v) is 10.1. The fourth-order valence-corrected chi connectivity index (χ4v) is 3.76. The summed E-state index contributed by atoms with van der Waals surface area (Å²) in [5.74, 6) is 0.409. The van der Waals surface area contributed by atoms with Crippen LogP contribution in [0, 0.1) is 13.8 Å². The minimum Gasteiger partial charge on any atom is -0.497 e. The zero-order valence-electron chi connectivity index (χ0n) is 17.8. The Bertz CT molecular complexity index is 1320. The van der Waals surface area contributed by atoms with Gasteiger partial charge in [-0.2, -0.15) is 0 Å². The molecule has 5 nitrogen and oxygen atoms in total. The highest BCUT2D eigenvalue weighted by molar-refractivity contribution is 6.06. The average Bonchev–Trinajstić information content (AvgIpc) is 2.78. The van der Waals surface area contributed by atoms with Gasteiger partial charge >= 0.3 is 0 Å². The first-order valence-electron chi connectivity index (χ1n) is 10.1. The van der Waals surface area contributed by atoms with Gasteiger partial charge in [-0.05, 0) is 60.7 Å². The number of anilines is 1. The third kappa shape index (κ3) is 4.08. The molecule has 1 amide bonds. The van der Waals surface area contributed by atoms with Crippen LogP contribution in [-0.2, 0) is 6.54 Å². The summed E-state index contributed by atoms with van der Waals surface area (Å²) in [6.45, 7) is 4.07. The van der Waals surface area contributed by atoms with E-state index in [-0.39, 0.29) is 18.0 Å². The van der Waals surface area contributed by atoms with E-state index in [1.54, 1.807) is 36.3 Å². The summed E-state index contributed by atoms with van der Waals surface area (Å²) >= 11 is 0. The van der Waals surface area contributed by atoms with Gasteiger partial charge in [-0.3, -0.25) is 9.59 Å². The number of aromatic nitrogens is 1. The van der Waals surface area contributed by atoms with Crippen molar-refractivity contribution in [3.05, 3.63) is 105 Å². The van der Waals surface area contributed by atoms with Gasteiger partial charge in [0.1, 0.15) is 5.75 Å². The van der Waals surface area contributed by atoms with Gasteiger partial charge in [-0.15, -0.1) is 0 Å². The number of aromatic amines is 1. The number of nitrogens with one attached hydrogen (secondary N) is 1. The van der Waals surface area contributed by atoms with Gasteiger partial charge in [0.2, 0.25) is 0 Å². The number of carbonyl (C=O) groups excluding carboxylic acids is 1. The molecule has 3 aromatic carbocycles. The van der Waals surface area contributed by atoms with E-state index in [1.165, 1.54) is 0 Å². The Balaban J connectivity index is 1.81. The smallest absolute Gasteiger partial charge is 0.258 e. The molecule has 156 valence electrons. The first kappa shape index (κ1) is 20.4. The molecule has 0 radical (unpaired) electrons. The topological polar surface area (TPSA) is 62.4 Å². The molecule has 1 aromatic heterocycles. The van der Waals surface area contributed by atoms with Crippen LogP contribution in [0.1, 0.15) is 27.0 Å². The summed E-state index contributed by atoms with van der Waals surface area (Å²) in [6.07, 6.45) is 0. The lowest BCUT2D eigenvalue weighted by molar-refractivity contribution is 0.0984. The number of fused-ring (bicyclic) bond motifs is 1. The molecule has 0 aliphatic heterocycles. The predicted molar refractivity (Wildman–Crippen MR) is 124 cm³/mol. The second kappa shape index (κ2) is 8.48. The highest BCUT2D eigenvalue weighted by Crippen LogP contribution is 2.25. The number of aryl methyl sites for hydroxylation is 2. The molecule has 1 N–H and O–H groups in total. The highest BCUT2D eigenvalue weighted by Gasteiger charge is 2.21. The number of hydrogen-bond donors (Lipinski definition) is 1. The Hall–Kier alpha value is -3.86. The largest absolute Gasteiger partial charge is 0.497 e. The number of nitrogens with zero attached hydrogens (tertiary/aromatic N) is 1. The minimum atomic E-state index is -0.197. The molecule has 0 saturated heterocycles. The summed E-state index contributed by atoms with van der Waals surface area (Å²) < 4.78 is 5.29. The van der Waals surface area contributed by atoms with Crippen LogP contribution in [0.2, 0.25) is 0 Å². The van der Waals surface area contributed by atoms with Gasteiger partial charge in [-0.1, -0.05) is 42.5 Å². The van der Waals surface area contributed by atoms with Gasteiger partial charge in [0.05, 0.1) is 19.2 Å². The van der Waals surface area contributed by atoms with E-state index in [0.29, 0.717) is 16.9 Å². The third-order valence-corrected chi connectivity index (χ3v) is 5.46. The molecule has 0 unspecified atom stereocenters. The maximum atomic E-state index is 13.6. The number of carbonyl (C=O) groups is 1. The van der Waals surface area contributed by atoms with Crippen LogP contribution >= 0.6 is 0 Å². The standard InChI is InChI=1S/C26H24N2O3/c1-17-8-4-5-13-23(17)28(26(30)20-11-7-12-22(15-20)31-3)16-21-14-19-10-6-9-18(2)24(19)27-25(21)29/h4-15H,16H2,1-3H3,(H,27,29). The molecule has 0 aliphatic carbocycles. The molecule has 0 aliphatic rings. The SMILES string of the molecule is COc1cccc(C(=O)N(Cc2cc3cccc(C)c3[nH]c2=O)c2ccccc2C)c1. The van der Waals surface area contributed by atoms with Crippen molar-refractivity contribution in [1.29, 1.82) is 0 Å². The van der Waals surface area contributed by atoms with Crippen molar-refractivity contribution in [2.45, 2.75) is 20.4 Å². The lowest BCUT2D eigenvalue weighted by Crippen LogP contribution is -2.33. The van der Waals surface area contributed by atoms with E-state index in [9.17, 15) is 9.59 Å². The Morgan fingerprint density at radius 2 is 1.68 bits per heavy atom. The van der Waals surface area contributed by atoms with Crippen LogP contribution in [0.15, 0.2) is 77.6 Å². The average molecular weight is 412 g/mol. The van der Waals surface area contributed by atoms with Crippen LogP contribution in [-0.4, -0.2) is 18.0 Å². The number of methoxy groups -OCH3 is 1. The van der Waals surface area contributed by atoms with Gasteiger partial charge in [-0.25, -0.2) is 0 Å². The summed E-state index contributed by atoms with van der Waals surface area (Å²) in [4.78, 5) is 31.1. The van der Waals surface area contributed by atoms with Crippen molar-refractivity contribution < 1.29 is 9.53 Å². The molecule has 4 aromatic rings. The fourth-order valence-electron chi connectivity index (χ4n) is 3.76. The lowest BCUT2D eigenvalue weighted by atomic mass is 10.1. The molecule has 0 spiro atoms. The zero-order valence-corrected chi connectivity index (χ0v) is 17.8. The summed E-state index contributed by atoms with van der Waals surface area (Å²) in [6, 6.07) is 22.5. The van der Waals surface area contributed by atoms with E-state index in [4.69, 9.17) is 4.74 Å². The Morgan fingerprint density at radius 3 is 2.45 bits per heavy atom. The number of hydrogen-bond acceptors (Lipinski definition) is 3. The van der Waals surface area contributed by atoms with Crippen LogP contribution < -0.4 is 15.2 Å². The lowest BCUT2D eigenvalue weighted by Gasteiger charge is -2.25. The maximum absolute atomic E-state index is 13.6. The Kier molecular flexibility index (Phi) is 5.58. The second-order valence-corrected chi connectivity index (χ2v) is 7.57. The molecule has 1 heterocycles. The Labute approximate surface area is 180 Å². The third-order valence-electron chi connectivity index (χ3n) is 5.46. The van der Waals surface area contributed by atoms with Gasteiger partial charge in [0.25, 0.3) is 11.5 Å². The zero-order chi connectivity index (χ0) is 22.0. The van der Waals surface area contributed by atoms with Crippen molar-refractivity contribution in [2.75, 3.05) is 12.0 Å². The normalized spacial score (nSPS) is 10.8. The molecule has 0 bridgehead atoms. The van der Waals surface area contributed by atoms with Gasteiger partial charge < -0.3 is 14.6 Å².